The second-order valence-electron chi connectivity index (χ2n) is 14.1. The molecule has 0 N–H and O–H groups in total. The summed E-state index contributed by atoms with van der Waals surface area (Å²) in [5, 5.41) is 6.85. The Kier molecular flexibility index (Phi) is 7.17. The summed E-state index contributed by atoms with van der Waals surface area (Å²) in [6, 6.07) is 70.9. The molecule has 0 amide bonds. The molecule has 55 heavy (non-hydrogen) atoms. The highest BCUT2D eigenvalue weighted by Gasteiger charge is 2.19. The third-order valence-electron chi connectivity index (χ3n) is 10.9. The van der Waals surface area contributed by atoms with E-state index in [-0.39, 0.29) is 0 Å². The molecular formula is C52H33NO2. The Morgan fingerprint density at radius 2 is 0.764 bits per heavy atom. The van der Waals surface area contributed by atoms with E-state index < -0.39 is 0 Å². The zero-order chi connectivity index (χ0) is 36.3. The van der Waals surface area contributed by atoms with Gasteiger partial charge in [-0.2, -0.15) is 0 Å². The molecule has 11 rings (SSSR count). The number of anilines is 3. The minimum absolute atomic E-state index is 0.836. The van der Waals surface area contributed by atoms with Gasteiger partial charge in [-0.3, -0.25) is 0 Å². The summed E-state index contributed by atoms with van der Waals surface area (Å²) in [4.78, 5) is 2.28. The zero-order valence-electron chi connectivity index (χ0n) is 29.8. The van der Waals surface area contributed by atoms with Crippen LogP contribution in [0, 0.1) is 0 Å². The fourth-order valence-corrected chi connectivity index (χ4v) is 8.25. The number of nitrogens with zero attached hydrogens (tertiary/aromatic N) is 1. The van der Waals surface area contributed by atoms with Gasteiger partial charge < -0.3 is 13.7 Å². The molecule has 0 aliphatic rings. The maximum absolute atomic E-state index is 6.75. The molecular weight excluding hydrogens is 671 g/mol. The summed E-state index contributed by atoms with van der Waals surface area (Å²) >= 11 is 0. The van der Waals surface area contributed by atoms with Crippen LogP contribution in [-0.4, -0.2) is 0 Å². The molecule has 9 aromatic carbocycles. The highest BCUT2D eigenvalue weighted by atomic mass is 16.3. The summed E-state index contributed by atoms with van der Waals surface area (Å²) in [5.74, 6) is 0. The Labute approximate surface area is 317 Å². The predicted octanol–water partition coefficient (Wildman–Crippen LogP) is 15.1. The van der Waals surface area contributed by atoms with Crippen LogP contribution in [0.4, 0.5) is 17.1 Å². The zero-order valence-corrected chi connectivity index (χ0v) is 29.8. The lowest BCUT2D eigenvalue weighted by Gasteiger charge is -2.25. The van der Waals surface area contributed by atoms with Gasteiger partial charge in [-0.15, -0.1) is 0 Å². The van der Waals surface area contributed by atoms with Crippen molar-refractivity contribution in [3.05, 3.63) is 200 Å². The quantitative estimate of drug-likeness (QED) is 0.173. The Balaban J connectivity index is 1.04. The van der Waals surface area contributed by atoms with E-state index >= 15 is 0 Å². The van der Waals surface area contributed by atoms with E-state index in [4.69, 9.17) is 8.83 Å². The van der Waals surface area contributed by atoms with E-state index in [2.05, 4.69) is 187 Å². The lowest BCUT2D eigenvalue weighted by molar-refractivity contribution is 0.669. The number of para-hydroxylation sites is 1. The third-order valence-corrected chi connectivity index (χ3v) is 10.9. The molecule has 0 saturated heterocycles. The van der Waals surface area contributed by atoms with Crippen molar-refractivity contribution in [2.45, 2.75) is 0 Å². The van der Waals surface area contributed by atoms with Crippen molar-refractivity contribution in [1.82, 2.24) is 0 Å². The molecule has 2 heterocycles. The minimum atomic E-state index is 0.836. The molecule has 0 atom stereocenters. The van der Waals surface area contributed by atoms with E-state index in [0.29, 0.717) is 0 Å². The Hall–Kier alpha value is -7.36. The van der Waals surface area contributed by atoms with E-state index in [9.17, 15) is 0 Å². The van der Waals surface area contributed by atoms with Gasteiger partial charge in [0.15, 0.2) is 0 Å². The fourth-order valence-electron chi connectivity index (χ4n) is 8.25. The lowest BCUT2D eigenvalue weighted by Crippen LogP contribution is -2.09. The van der Waals surface area contributed by atoms with Gasteiger partial charge in [-0.05, 0) is 98.8 Å². The standard InChI is InChI=1S/C52H33NO2/c1-3-11-34(12-4-1)35-21-24-39(25-22-35)53(40-26-29-46-44-17-7-8-20-48(44)54-50(46)32-40)41-27-30-47-45-28-23-38(31-49(45)55-51(47)33-41)43-19-10-16-37-15-9-18-42(52(37)43)36-13-5-2-6-14-36/h1-33H. The average Bonchev–Trinajstić information content (AvgIpc) is 3.81. The molecule has 0 bridgehead atoms. The first-order chi connectivity index (χ1) is 27.2. The van der Waals surface area contributed by atoms with Gasteiger partial charge >= 0.3 is 0 Å². The highest BCUT2D eigenvalue weighted by Crippen LogP contribution is 2.43. The van der Waals surface area contributed by atoms with Crippen molar-refractivity contribution >= 4 is 71.7 Å². The molecule has 0 aliphatic heterocycles. The van der Waals surface area contributed by atoms with Gasteiger partial charge in [0.05, 0.1) is 0 Å². The second-order valence-corrected chi connectivity index (χ2v) is 14.1. The Morgan fingerprint density at radius 1 is 0.291 bits per heavy atom. The van der Waals surface area contributed by atoms with Gasteiger partial charge in [-0.25, -0.2) is 0 Å². The predicted molar refractivity (Wildman–Crippen MR) is 229 cm³/mol. The second kappa shape index (κ2) is 12.6. The van der Waals surface area contributed by atoms with E-state index in [1.807, 2.05) is 18.2 Å². The normalized spacial score (nSPS) is 11.6. The number of benzene rings is 9. The smallest absolute Gasteiger partial charge is 0.137 e. The van der Waals surface area contributed by atoms with Gasteiger partial charge in [0.25, 0.3) is 0 Å². The van der Waals surface area contributed by atoms with Crippen LogP contribution in [0.3, 0.4) is 0 Å². The summed E-state index contributed by atoms with van der Waals surface area (Å²) in [6.45, 7) is 0. The molecule has 0 spiro atoms. The van der Waals surface area contributed by atoms with Crippen LogP contribution >= 0.6 is 0 Å². The number of hydrogen-bond acceptors (Lipinski definition) is 3. The first-order valence-corrected chi connectivity index (χ1v) is 18.7. The molecule has 0 fully saturated rings. The average molecular weight is 704 g/mol. The number of furan rings is 2. The fraction of sp³-hybridized carbons (Fsp3) is 0. The van der Waals surface area contributed by atoms with Crippen molar-refractivity contribution in [2.75, 3.05) is 4.90 Å². The third kappa shape index (κ3) is 5.28. The molecule has 11 aromatic rings. The van der Waals surface area contributed by atoms with E-state index in [1.54, 1.807) is 0 Å². The minimum Gasteiger partial charge on any atom is -0.456 e. The summed E-state index contributed by atoms with van der Waals surface area (Å²) in [5.41, 5.74) is 13.6. The van der Waals surface area contributed by atoms with Crippen molar-refractivity contribution in [1.29, 1.82) is 0 Å². The van der Waals surface area contributed by atoms with Crippen LogP contribution in [-0.2, 0) is 0 Å². The topological polar surface area (TPSA) is 29.5 Å². The molecule has 2 aromatic heterocycles. The Bertz CT molecular complexity index is 3190. The maximum Gasteiger partial charge on any atom is 0.137 e. The Morgan fingerprint density at radius 3 is 1.44 bits per heavy atom. The van der Waals surface area contributed by atoms with Crippen LogP contribution in [0.15, 0.2) is 209 Å². The molecule has 258 valence electrons. The number of fused-ring (bicyclic) bond motifs is 7. The van der Waals surface area contributed by atoms with Crippen molar-refractivity contribution in [2.24, 2.45) is 0 Å². The van der Waals surface area contributed by atoms with E-state index in [0.717, 1.165) is 66.5 Å². The SMILES string of the molecule is c1ccc(-c2ccc(N(c3ccc4c(c3)oc3ccccc34)c3ccc4c(c3)oc3cc(-c5cccc6cccc(-c7ccccc7)c56)ccc34)cc2)cc1. The molecule has 0 unspecified atom stereocenters. The molecule has 0 radical (unpaired) electrons. The van der Waals surface area contributed by atoms with Gasteiger partial charge in [0, 0.05) is 50.7 Å². The lowest BCUT2D eigenvalue weighted by atomic mass is 9.91. The summed E-state index contributed by atoms with van der Waals surface area (Å²) in [6.07, 6.45) is 0. The van der Waals surface area contributed by atoms with Gasteiger partial charge in [0.1, 0.15) is 22.3 Å². The van der Waals surface area contributed by atoms with Gasteiger partial charge in [-0.1, -0.05) is 133 Å². The van der Waals surface area contributed by atoms with Crippen molar-refractivity contribution in [3.63, 3.8) is 0 Å². The molecule has 3 nitrogen and oxygen atoms in total. The van der Waals surface area contributed by atoms with Crippen LogP contribution in [0.1, 0.15) is 0 Å². The van der Waals surface area contributed by atoms with Crippen molar-refractivity contribution < 1.29 is 8.83 Å². The molecule has 0 saturated carbocycles. The van der Waals surface area contributed by atoms with Crippen LogP contribution < -0.4 is 4.90 Å². The van der Waals surface area contributed by atoms with Gasteiger partial charge in [0.2, 0.25) is 0 Å². The van der Waals surface area contributed by atoms with Crippen LogP contribution in [0.5, 0.6) is 0 Å². The maximum atomic E-state index is 6.75. The largest absolute Gasteiger partial charge is 0.456 e. The van der Waals surface area contributed by atoms with Crippen LogP contribution in [0.2, 0.25) is 0 Å². The molecule has 0 aliphatic carbocycles. The summed E-state index contributed by atoms with van der Waals surface area (Å²) in [7, 11) is 0. The number of hydrogen-bond donors (Lipinski definition) is 0. The summed E-state index contributed by atoms with van der Waals surface area (Å²) < 4.78 is 13.1. The first kappa shape index (κ1) is 31.2. The van der Waals surface area contributed by atoms with Crippen LogP contribution in [0.25, 0.3) is 88.0 Å². The monoisotopic (exact) mass is 703 g/mol. The molecule has 3 heteroatoms. The number of rotatable bonds is 6. The van der Waals surface area contributed by atoms with Crippen molar-refractivity contribution in [3.8, 4) is 33.4 Å². The first-order valence-electron chi connectivity index (χ1n) is 18.7. The van der Waals surface area contributed by atoms with E-state index in [1.165, 1.54) is 38.6 Å². The highest BCUT2D eigenvalue weighted by molar-refractivity contribution is 6.11.